The Kier molecular flexibility index (Phi) is 4.44. The molecule has 1 unspecified atom stereocenters. The van der Waals surface area contributed by atoms with Gasteiger partial charge in [-0.3, -0.25) is 14.9 Å². The Morgan fingerprint density at radius 1 is 1.57 bits per heavy atom. The first-order chi connectivity index (χ1) is 9.93. The predicted molar refractivity (Wildman–Crippen MR) is 76.4 cm³/mol. The number of hydrogen-bond acceptors (Lipinski definition) is 5. The maximum Gasteiger partial charge on any atom is 0.334 e. The Hall–Kier alpha value is -2.12. The maximum absolute atomic E-state index is 11.4. The third kappa shape index (κ3) is 3.14. The van der Waals surface area contributed by atoms with Crippen molar-refractivity contribution in [1.29, 1.82) is 0 Å². The van der Waals surface area contributed by atoms with Crippen LogP contribution in [0.5, 0.6) is 0 Å². The number of carboxylic acids is 1. The van der Waals surface area contributed by atoms with Crippen LogP contribution < -0.4 is 4.90 Å². The van der Waals surface area contributed by atoms with Crippen molar-refractivity contribution in [1.82, 2.24) is 9.78 Å². The Balaban J connectivity index is 2.27. The fourth-order valence-electron chi connectivity index (χ4n) is 2.94. The molecule has 0 saturated carbocycles. The SMILES string of the molecule is CCCc1nn(C)c(N2CCC(CC(=O)O)C2)c1[N+](=O)[O-]. The number of carbonyl (C=O) groups is 1. The summed E-state index contributed by atoms with van der Waals surface area (Å²) in [5.74, 6) is -0.295. The summed E-state index contributed by atoms with van der Waals surface area (Å²) in [7, 11) is 1.70. The van der Waals surface area contributed by atoms with Gasteiger partial charge in [-0.15, -0.1) is 0 Å². The lowest BCUT2D eigenvalue weighted by Gasteiger charge is -2.17. The average molecular weight is 296 g/mol. The molecule has 1 aliphatic rings. The van der Waals surface area contributed by atoms with E-state index in [4.69, 9.17) is 5.11 Å². The molecular weight excluding hydrogens is 276 g/mol. The van der Waals surface area contributed by atoms with Crippen LogP contribution in [-0.2, 0) is 18.3 Å². The zero-order valence-electron chi connectivity index (χ0n) is 12.3. The molecule has 1 saturated heterocycles. The van der Waals surface area contributed by atoms with Gasteiger partial charge < -0.3 is 10.0 Å². The largest absolute Gasteiger partial charge is 0.481 e. The smallest absolute Gasteiger partial charge is 0.334 e. The standard InChI is InChI=1S/C13H20N4O4/c1-3-4-10-12(17(20)21)13(15(2)14-10)16-6-5-9(8-16)7-11(18)19/h9H,3-8H2,1-2H3,(H,18,19). The molecule has 21 heavy (non-hydrogen) atoms. The summed E-state index contributed by atoms with van der Waals surface area (Å²) in [6, 6.07) is 0. The summed E-state index contributed by atoms with van der Waals surface area (Å²) in [5, 5.41) is 24.5. The summed E-state index contributed by atoms with van der Waals surface area (Å²) >= 11 is 0. The lowest BCUT2D eigenvalue weighted by molar-refractivity contribution is -0.384. The third-order valence-electron chi connectivity index (χ3n) is 3.78. The third-order valence-corrected chi connectivity index (χ3v) is 3.78. The quantitative estimate of drug-likeness (QED) is 0.631. The van der Waals surface area contributed by atoms with Crippen LogP contribution in [0.4, 0.5) is 11.5 Å². The summed E-state index contributed by atoms with van der Waals surface area (Å²) in [4.78, 5) is 23.7. The number of aryl methyl sites for hydroxylation is 2. The van der Waals surface area contributed by atoms with Crippen LogP contribution in [0.1, 0.15) is 31.9 Å². The van der Waals surface area contributed by atoms with Gasteiger partial charge in [0.25, 0.3) is 0 Å². The van der Waals surface area contributed by atoms with Gasteiger partial charge in [0.2, 0.25) is 5.82 Å². The van der Waals surface area contributed by atoms with Crippen molar-refractivity contribution >= 4 is 17.5 Å². The highest BCUT2D eigenvalue weighted by atomic mass is 16.6. The average Bonchev–Trinajstić information content (AvgIpc) is 2.93. The molecule has 0 bridgehead atoms. The van der Waals surface area contributed by atoms with Gasteiger partial charge in [0.15, 0.2) is 0 Å². The highest BCUT2D eigenvalue weighted by molar-refractivity contribution is 5.68. The normalized spacial score (nSPS) is 18.2. The monoisotopic (exact) mass is 296 g/mol. The molecule has 1 fully saturated rings. The van der Waals surface area contributed by atoms with E-state index in [1.165, 1.54) is 0 Å². The highest BCUT2D eigenvalue weighted by Gasteiger charge is 2.34. The van der Waals surface area contributed by atoms with Gasteiger partial charge in [-0.05, 0) is 18.8 Å². The first-order valence-corrected chi connectivity index (χ1v) is 7.11. The van der Waals surface area contributed by atoms with Crippen molar-refractivity contribution < 1.29 is 14.8 Å². The van der Waals surface area contributed by atoms with Crippen LogP contribution in [0, 0.1) is 16.0 Å². The summed E-state index contributed by atoms with van der Waals surface area (Å²) in [6.45, 7) is 3.11. The fourth-order valence-corrected chi connectivity index (χ4v) is 2.94. The molecule has 0 aliphatic carbocycles. The summed E-state index contributed by atoms with van der Waals surface area (Å²) in [5.41, 5.74) is 0.567. The van der Waals surface area contributed by atoms with Crippen LogP contribution in [0.25, 0.3) is 0 Å². The molecule has 0 amide bonds. The molecule has 1 N–H and O–H groups in total. The Morgan fingerprint density at radius 3 is 2.86 bits per heavy atom. The number of carboxylic acid groups (broad SMARTS) is 1. The van der Waals surface area contributed by atoms with Crippen LogP contribution in [0.2, 0.25) is 0 Å². The zero-order valence-corrected chi connectivity index (χ0v) is 12.3. The second kappa shape index (κ2) is 6.11. The Bertz CT molecular complexity index is 555. The molecule has 0 aromatic carbocycles. The molecule has 2 heterocycles. The van der Waals surface area contributed by atoms with E-state index in [1.807, 2.05) is 11.8 Å². The van der Waals surface area contributed by atoms with Crippen LogP contribution in [-0.4, -0.2) is 38.9 Å². The van der Waals surface area contributed by atoms with Gasteiger partial charge in [-0.2, -0.15) is 5.10 Å². The number of aromatic nitrogens is 2. The molecule has 1 aromatic rings. The molecule has 2 rings (SSSR count). The van der Waals surface area contributed by atoms with E-state index in [1.54, 1.807) is 11.7 Å². The van der Waals surface area contributed by atoms with E-state index in [0.717, 1.165) is 12.8 Å². The minimum atomic E-state index is -0.826. The molecule has 0 spiro atoms. The van der Waals surface area contributed by atoms with Crippen molar-refractivity contribution in [2.45, 2.75) is 32.6 Å². The molecule has 1 aromatic heterocycles. The van der Waals surface area contributed by atoms with Crippen LogP contribution >= 0.6 is 0 Å². The lowest BCUT2D eigenvalue weighted by Crippen LogP contribution is -2.23. The van der Waals surface area contributed by atoms with Crippen LogP contribution in [0.3, 0.4) is 0 Å². The minimum Gasteiger partial charge on any atom is -0.481 e. The number of nitro groups is 1. The first kappa shape index (κ1) is 15.3. The molecule has 1 atom stereocenters. The van der Waals surface area contributed by atoms with E-state index in [9.17, 15) is 14.9 Å². The molecule has 116 valence electrons. The van der Waals surface area contributed by atoms with Gasteiger partial charge >= 0.3 is 11.7 Å². The fraction of sp³-hybridized carbons (Fsp3) is 0.692. The highest BCUT2D eigenvalue weighted by Crippen LogP contribution is 2.35. The van der Waals surface area contributed by atoms with Gasteiger partial charge in [0.1, 0.15) is 5.69 Å². The van der Waals surface area contributed by atoms with Gasteiger partial charge in [-0.1, -0.05) is 13.3 Å². The van der Waals surface area contributed by atoms with Crippen molar-refractivity contribution in [3.05, 3.63) is 15.8 Å². The van der Waals surface area contributed by atoms with Gasteiger partial charge in [0.05, 0.1) is 4.92 Å². The molecule has 8 heteroatoms. The molecule has 8 nitrogen and oxygen atoms in total. The number of anilines is 1. The molecule has 0 radical (unpaired) electrons. The summed E-state index contributed by atoms with van der Waals surface area (Å²) < 4.78 is 1.55. The number of nitrogens with zero attached hydrogens (tertiary/aromatic N) is 4. The maximum atomic E-state index is 11.4. The molecule has 1 aliphatic heterocycles. The van der Waals surface area contributed by atoms with Crippen molar-refractivity contribution in [2.24, 2.45) is 13.0 Å². The second-order valence-electron chi connectivity index (χ2n) is 5.45. The van der Waals surface area contributed by atoms with E-state index in [-0.39, 0.29) is 22.9 Å². The second-order valence-corrected chi connectivity index (χ2v) is 5.45. The van der Waals surface area contributed by atoms with Crippen molar-refractivity contribution in [3.8, 4) is 0 Å². The predicted octanol–water partition coefficient (Wildman–Crippen LogP) is 1.58. The van der Waals surface area contributed by atoms with E-state index in [2.05, 4.69) is 5.10 Å². The van der Waals surface area contributed by atoms with E-state index >= 15 is 0 Å². The van der Waals surface area contributed by atoms with Crippen LogP contribution in [0.15, 0.2) is 0 Å². The van der Waals surface area contributed by atoms with Crippen molar-refractivity contribution in [3.63, 3.8) is 0 Å². The topological polar surface area (TPSA) is 102 Å². The number of aliphatic carboxylic acids is 1. The van der Waals surface area contributed by atoms with E-state index < -0.39 is 5.97 Å². The minimum absolute atomic E-state index is 0.0339. The Labute approximate surface area is 122 Å². The van der Waals surface area contributed by atoms with E-state index in [0.29, 0.717) is 31.0 Å². The van der Waals surface area contributed by atoms with Gasteiger partial charge in [-0.25, -0.2) is 4.68 Å². The summed E-state index contributed by atoms with van der Waals surface area (Å²) in [6.07, 6.45) is 2.19. The number of rotatable bonds is 6. The van der Waals surface area contributed by atoms with Gasteiger partial charge in [0, 0.05) is 26.6 Å². The first-order valence-electron chi connectivity index (χ1n) is 7.11. The lowest BCUT2D eigenvalue weighted by atomic mass is 10.1. The van der Waals surface area contributed by atoms with Crippen molar-refractivity contribution in [2.75, 3.05) is 18.0 Å². The molecular formula is C13H20N4O4. The number of hydrogen-bond donors (Lipinski definition) is 1. The zero-order chi connectivity index (χ0) is 15.6. The Morgan fingerprint density at radius 2 is 2.29 bits per heavy atom.